The molecule has 1 aliphatic heterocycles. The summed E-state index contributed by atoms with van der Waals surface area (Å²) in [5.74, 6) is -0.252. The minimum atomic E-state index is -3.08. The van der Waals surface area contributed by atoms with Crippen molar-refractivity contribution < 1.29 is 13.2 Å². The number of halogens is 1. The van der Waals surface area contributed by atoms with E-state index in [2.05, 4.69) is 10.4 Å². The summed E-state index contributed by atoms with van der Waals surface area (Å²) < 4.78 is 25.0. The van der Waals surface area contributed by atoms with Crippen molar-refractivity contribution in [2.24, 2.45) is 0 Å². The number of hydrogen-bond donors (Lipinski definition) is 1. The molecule has 24 heavy (non-hydrogen) atoms. The van der Waals surface area contributed by atoms with Crippen LogP contribution in [0.4, 0.5) is 0 Å². The van der Waals surface area contributed by atoms with Crippen LogP contribution >= 0.6 is 11.6 Å². The molecule has 1 saturated heterocycles. The van der Waals surface area contributed by atoms with Crippen LogP contribution < -0.4 is 5.32 Å². The van der Waals surface area contributed by atoms with E-state index in [0.29, 0.717) is 22.7 Å². The summed E-state index contributed by atoms with van der Waals surface area (Å²) in [5.41, 5.74) is 1.11. The Balaban J connectivity index is 1.85. The minimum absolute atomic E-state index is 0.0345. The maximum atomic E-state index is 12.6. The Bertz CT molecular complexity index is 907. The van der Waals surface area contributed by atoms with Crippen LogP contribution in [-0.2, 0) is 9.84 Å². The SMILES string of the molecule is Cc1c(C(=O)NC2(C)CCS(=O)(=O)C2)cnn1-c1cccc(Cl)c1. The fraction of sp³-hybridized carbons (Fsp3) is 0.375. The Morgan fingerprint density at radius 2 is 2.17 bits per heavy atom. The highest BCUT2D eigenvalue weighted by Gasteiger charge is 2.39. The second-order valence-corrected chi connectivity index (χ2v) is 9.01. The molecule has 3 rings (SSSR count). The number of hydrogen-bond acceptors (Lipinski definition) is 4. The van der Waals surface area contributed by atoms with Crippen molar-refractivity contribution in [2.45, 2.75) is 25.8 Å². The molecule has 1 aliphatic rings. The van der Waals surface area contributed by atoms with E-state index < -0.39 is 15.4 Å². The smallest absolute Gasteiger partial charge is 0.255 e. The largest absolute Gasteiger partial charge is 0.346 e. The number of benzene rings is 1. The van der Waals surface area contributed by atoms with E-state index in [0.717, 1.165) is 5.69 Å². The number of sulfone groups is 1. The zero-order valence-electron chi connectivity index (χ0n) is 13.4. The second-order valence-electron chi connectivity index (χ2n) is 6.39. The van der Waals surface area contributed by atoms with E-state index in [1.54, 1.807) is 30.7 Å². The Morgan fingerprint density at radius 3 is 2.79 bits per heavy atom. The van der Waals surface area contributed by atoms with Crippen LogP contribution in [0.5, 0.6) is 0 Å². The Hall–Kier alpha value is -1.86. The molecule has 0 radical (unpaired) electrons. The van der Waals surface area contributed by atoms with Gasteiger partial charge in [0.05, 0.1) is 40.2 Å². The molecule has 1 atom stereocenters. The summed E-state index contributed by atoms with van der Waals surface area (Å²) in [5, 5.41) is 7.68. The van der Waals surface area contributed by atoms with Crippen LogP contribution in [0.25, 0.3) is 5.69 Å². The molecule has 2 aromatic rings. The van der Waals surface area contributed by atoms with Crippen LogP contribution in [0.2, 0.25) is 5.02 Å². The van der Waals surface area contributed by atoms with Crippen LogP contribution in [0.15, 0.2) is 30.5 Å². The lowest BCUT2D eigenvalue weighted by Gasteiger charge is -2.23. The Morgan fingerprint density at radius 1 is 1.42 bits per heavy atom. The topological polar surface area (TPSA) is 81.1 Å². The highest BCUT2D eigenvalue weighted by atomic mass is 35.5. The molecule has 1 N–H and O–H groups in total. The first-order valence-electron chi connectivity index (χ1n) is 7.53. The van der Waals surface area contributed by atoms with Crippen molar-refractivity contribution in [3.05, 3.63) is 46.7 Å². The van der Waals surface area contributed by atoms with Crippen molar-refractivity contribution >= 4 is 27.3 Å². The summed E-state index contributed by atoms with van der Waals surface area (Å²) in [6.07, 6.45) is 1.90. The third-order valence-electron chi connectivity index (χ3n) is 4.23. The number of rotatable bonds is 3. The van der Waals surface area contributed by atoms with Crippen LogP contribution in [-0.4, -0.2) is 41.2 Å². The highest BCUT2D eigenvalue weighted by molar-refractivity contribution is 7.91. The van der Waals surface area contributed by atoms with E-state index in [9.17, 15) is 13.2 Å². The molecule has 2 heterocycles. The van der Waals surface area contributed by atoms with Crippen LogP contribution in [0, 0.1) is 6.92 Å². The molecule has 128 valence electrons. The maximum absolute atomic E-state index is 12.6. The van der Waals surface area contributed by atoms with Gasteiger partial charge in [-0.15, -0.1) is 0 Å². The number of nitrogens with one attached hydrogen (secondary N) is 1. The predicted molar refractivity (Wildman–Crippen MR) is 92.5 cm³/mol. The van der Waals surface area contributed by atoms with Gasteiger partial charge in [-0.2, -0.15) is 5.10 Å². The average Bonchev–Trinajstić information content (AvgIpc) is 2.99. The number of nitrogens with zero attached hydrogens (tertiary/aromatic N) is 2. The van der Waals surface area contributed by atoms with E-state index >= 15 is 0 Å². The first-order valence-corrected chi connectivity index (χ1v) is 9.73. The number of amides is 1. The highest BCUT2D eigenvalue weighted by Crippen LogP contribution is 2.24. The third-order valence-corrected chi connectivity index (χ3v) is 6.36. The lowest BCUT2D eigenvalue weighted by Crippen LogP contribution is -2.47. The standard InChI is InChI=1S/C16H18ClN3O3S/c1-11-14(9-18-20(11)13-5-3-4-12(17)8-13)15(21)19-16(2)6-7-24(22,23)10-16/h3-5,8-9H,6-7,10H2,1-2H3,(H,19,21). The summed E-state index contributed by atoms with van der Waals surface area (Å²) in [7, 11) is -3.08. The number of carbonyl (C=O) groups is 1. The zero-order chi connectivity index (χ0) is 17.5. The Labute approximate surface area is 145 Å². The molecule has 1 aromatic heterocycles. The first kappa shape index (κ1) is 17.0. The lowest BCUT2D eigenvalue weighted by atomic mass is 10.0. The van der Waals surface area contributed by atoms with Crippen LogP contribution in [0.3, 0.4) is 0 Å². The number of aromatic nitrogens is 2. The van der Waals surface area contributed by atoms with Gasteiger partial charge in [-0.05, 0) is 38.5 Å². The molecule has 1 amide bonds. The van der Waals surface area contributed by atoms with Crippen molar-refractivity contribution in [1.82, 2.24) is 15.1 Å². The van der Waals surface area contributed by atoms with Gasteiger partial charge in [-0.25, -0.2) is 13.1 Å². The molecule has 0 spiro atoms. The molecule has 0 aliphatic carbocycles. The monoisotopic (exact) mass is 367 g/mol. The zero-order valence-corrected chi connectivity index (χ0v) is 15.0. The summed E-state index contributed by atoms with van der Waals surface area (Å²) in [6, 6.07) is 7.17. The van der Waals surface area contributed by atoms with Crippen molar-refractivity contribution in [1.29, 1.82) is 0 Å². The molecule has 0 saturated carbocycles. The number of carbonyl (C=O) groups excluding carboxylic acids is 1. The van der Waals surface area contributed by atoms with Crippen molar-refractivity contribution in [3.63, 3.8) is 0 Å². The molecule has 1 aromatic carbocycles. The van der Waals surface area contributed by atoms with Gasteiger partial charge in [-0.3, -0.25) is 4.79 Å². The van der Waals surface area contributed by atoms with Gasteiger partial charge in [0.1, 0.15) is 0 Å². The summed E-state index contributed by atoms with van der Waals surface area (Å²) >= 11 is 6.00. The van der Waals surface area contributed by atoms with E-state index in [1.165, 1.54) is 6.20 Å². The second kappa shape index (κ2) is 5.89. The molecular weight excluding hydrogens is 350 g/mol. The fourth-order valence-corrected chi connectivity index (χ4v) is 5.23. The van der Waals surface area contributed by atoms with E-state index in [4.69, 9.17) is 11.6 Å². The maximum Gasteiger partial charge on any atom is 0.255 e. The average molecular weight is 368 g/mol. The van der Waals surface area contributed by atoms with Gasteiger partial charge < -0.3 is 5.32 Å². The van der Waals surface area contributed by atoms with E-state index in [1.807, 2.05) is 12.1 Å². The predicted octanol–water partition coefficient (Wildman–Crippen LogP) is 2.14. The van der Waals surface area contributed by atoms with Crippen molar-refractivity contribution in [3.8, 4) is 5.69 Å². The summed E-state index contributed by atoms with van der Waals surface area (Å²) in [4.78, 5) is 12.6. The molecule has 0 bridgehead atoms. The van der Waals surface area contributed by atoms with Gasteiger partial charge in [0.15, 0.2) is 9.84 Å². The van der Waals surface area contributed by atoms with Gasteiger partial charge in [0.25, 0.3) is 5.91 Å². The van der Waals surface area contributed by atoms with Gasteiger partial charge in [0, 0.05) is 5.02 Å². The fourth-order valence-electron chi connectivity index (χ4n) is 2.95. The van der Waals surface area contributed by atoms with Crippen molar-refractivity contribution in [2.75, 3.05) is 11.5 Å². The van der Waals surface area contributed by atoms with Gasteiger partial charge >= 0.3 is 0 Å². The molecular formula is C16H18ClN3O3S. The van der Waals surface area contributed by atoms with E-state index in [-0.39, 0.29) is 17.4 Å². The van der Waals surface area contributed by atoms with Gasteiger partial charge in [-0.1, -0.05) is 17.7 Å². The third kappa shape index (κ3) is 3.32. The quantitative estimate of drug-likeness (QED) is 0.901. The molecule has 6 nitrogen and oxygen atoms in total. The lowest BCUT2D eigenvalue weighted by molar-refractivity contribution is 0.0914. The molecule has 8 heteroatoms. The van der Waals surface area contributed by atoms with Crippen LogP contribution in [0.1, 0.15) is 29.4 Å². The normalized spacial score (nSPS) is 22.5. The molecule has 1 fully saturated rings. The first-order chi connectivity index (χ1) is 11.2. The molecule has 1 unspecified atom stereocenters. The minimum Gasteiger partial charge on any atom is -0.346 e. The Kier molecular flexibility index (Phi) is 4.17. The van der Waals surface area contributed by atoms with Gasteiger partial charge in [0.2, 0.25) is 0 Å². The summed E-state index contributed by atoms with van der Waals surface area (Å²) in [6.45, 7) is 3.54.